The van der Waals surface area contributed by atoms with Gasteiger partial charge in [-0.15, -0.1) is 0 Å². The SMILES string of the molecule is CC.CC.Cc1ccc(Oc2ccc(Cl)c(F)c2)cc1. The molecule has 0 atom stereocenters. The van der Waals surface area contributed by atoms with Crippen LogP contribution in [0.5, 0.6) is 11.5 Å². The molecule has 0 bridgehead atoms. The van der Waals surface area contributed by atoms with Crippen molar-refractivity contribution < 1.29 is 9.13 Å². The first kappa shape index (κ1) is 18.5. The average molecular weight is 297 g/mol. The average Bonchev–Trinajstić information content (AvgIpc) is 2.50. The number of rotatable bonds is 2. The number of aryl methyl sites for hydroxylation is 1. The topological polar surface area (TPSA) is 9.23 Å². The molecular weight excluding hydrogens is 275 g/mol. The van der Waals surface area contributed by atoms with Gasteiger partial charge in [0.15, 0.2) is 0 Å². The maximum Gasteiger partial charge on any atom is 0.145 e. The van der Waals surface area contributed by atoms with E-state index in [-0.39, 0.29) is 5.02 Å². The summed E-state index contributed by atoms with van der Waals surface area (Å²) in [6, 6.07) is 11.9. The lowest BCUT2D eigenvalue weighted by molar-refractivity contribution is 0.476. The Morgan fingerprint density at radius 3 is 1.85 bits per heavy atom. The fourth-order valence-electron chi connectivity index (χ4n) is 1.28. The smallest absolute Gasteiger partial charge is 0.145 e. The summed E-state index contributed by atoms with van der Waals surface area (Å²) < 4.78 is 18.6. The Morgan fingerprint density at radius 2 is 1.35 bits per heavy atom. The maximum atomic E-state index is 13.1. The van der Waals surface area contributed by atoms with Crippen molar-refractivity contribution >= 4 is 11.6 Å². The predicted molar refractivity (Wildman–Crippen MR) is 85.4 cm³/mol. The highest BCUT2D eigenvalue weighted by atomic mass is 35.5. The molecule has 2 rings (SSSR count). The van der Waals surface area contributed by atoms with Crippen LogP contribution in [0.3, 0.4) is 0 Å². The molecule has 3 heteroatoms. The number of hydrogen-bond acceptors (Lipinski definition) is 1. The molecule has 0 aliphatic carbocycles. The van der Waals surface area contributed by atoms with E-state index in [1.165, 1.54) is 12.1 Å². The van der Waals surface area contributed by atoms with Gasteiger partial charge in [-0.05, 0) is 31.2 Å². The van der Waals surface area contributed by atoms with Gasteiger partial charge in [0, 0.05) is 6.07 Å². The molecule has 0 fully saturated rings. The molecule has 0 radical (unpaired) electrons. The van der Waals surface area contributed by atoms with Gasteiger partial charge in [0.1, 0.15) is 17.3 Å². The number of benzene rings is 2. The van der Waals surface area contributed by atoms with E-state index in [1.54, 1.807) is 6.07 Å². The summed E-state index contributed by atoms with van der Waals surface area (Å²) in [6.45, 7) is 9.99. The van der Waals surface area contributed by atoms with Gasteiger partial charge >= 0.3 is 0 Å². The maximum absolute atomic E-state index is 13.1. The van der Waals surface area contributed by atoms with Gasteiger partial charge in [0.2, 0.25) is 0 Å². The van der Waals surface area contributed by atoms with Crippen molar-refractivity contribution in [2.24, 2.45) is 0 Å². The minimum Gasteiger partial charge on any atom is -0.457 e. The molecule has 0 unspecified atom stereocenters. The molecule has 0 aliphatic heterocycles. The second kappa shape index (κ2) is 10.3. The molecule has 0 spiro atoms. The van der Waals surface area contributed by atoms with E-state index < -0.39 is 5.82 Å². The molecular formula is C17H22ClFO. The second-order valence-electron chi connectivity index (χ2n) is 3.49. The molecule has 2 aromatic rings. The van der Waals surface area contributed by atoms with Crippen LogP contribution in [0.1, 0.15) is 33.3 Å². The Bertz CT molecular complexity index is 495. The van der Waals surface area contributed by atoms with Gasteiger partial charge in [-0.25, -0.2) is 4.39 Å². The van der Waals surface area contributed by atoms with E-state index in [0.717, 1.165) is 5.56 Å². The summed E-state index contributed by atoms with van der Waals surface area (Å²) in [6.07, 6.45) is 0. The Morgan fingerprint density at radius 1 is 0.850 bits per heavy atom. The van der Waals surface area contributed by atoms with E-state index in [2.05, 4.69) is 0 Å². The molecule has 0 heterocycles. The Labute approximate surface area is 126 Å². The number of halogens is 2. The van der Waals surface area contributed by atoms with Crippen LogP contribution in [0.4, 0.5) is 4.39 Å². The molecule has 110 valence electrons. The van der Waals surface area contributed by atoms with Crippen molar-refractivity contribution in [2.75, 3.05) is 0 Å². The van der Waals surface area contributed by atoms with Crippen LogP contribution in [0, 0.1) is 12.7 Å². The zero-order valence-electron chi connectivity index (χ0n) is 12.7. The first-order chi connectivity index (χ1) is 9.65. The van der Waals surface area contributed by atoms with Crippen LogP contribution in [-0.2, 0) is 0 Å². The van der Waals surface area contributed by atoms with Gasteiger partial charge in [-0.1, -0.05) is 57.0 Å². The molecule has 0 saturated carbocycles. The third-order valence-corrected chi connectivity index (χ3v) is 2.45. The summed E-state index contributed by atoms with van der Waals surface area (Å²) >= 11 is 5.57. The van der Waals surface area contributed by atoms with Crippen molar-refractivity contribution in [1.29, 1.82) is 0 Å². The summed E-state index contributed by atoms with van der Waals surface area (Å²) in [5, 5.41) is 0.0938. The summed E-state index contributed by atoms with van der Waals surface area (Å²) in [5.74, 6) is 0.629. The fourth-order valence-corrected chi connectivity index (χ4v) is 1.40. The van der Waals surface area contributed by atoms with Gasteiger partial charge in [-0.2, -0.15) is 0 Å². The molecule has 0 N–H and O–H groups in total. The standard InChI is InChI=1S/C13H10ClFO.2C2H6/c1-9-2-4-10(5-3-9)16-11-6-7-12(14)13(15)8-11;2*1-2/h2-8H,1H3;2*1-2H3. The van der Waals surface area contributed by atoms with E-state index in [0.29, 0.717) is 11.5 Å². The quantitative estimate of drug-likeness (QED) is 0.604. The lowest BCUT2D eigenvalue weighted by atomic mass is 10.2. The minimum absolute atomic E-state index is 0.0938. The second-order valence-corrected chi connectivity index (χ2v) is 3.90. The zero-order valence-corrected chi connectivity index (χ0v) is 13.5. The van der Waals surface area contributed by atoms with Crippen LogP contribution in [0.15, 0.2) is 42.5 Å². The predicted octanol–water partition coefficient (Wildman–Crippen LogP) is 6.63. The van der Waals surface area contributed by atoms with E-state index in [9.17, 15) is 4.39 Å². The molecule has 0 amide bonds. The van der Waals surface area contributed by atoms with Gasteiger partial charge < -0.3 is 4.74 Å². The van der Waals surface area contributed by atoms with Gasteiger partial charge in [0.25, 0.3) is 0 Å². The molecule has 0 aliphatic rings. The van der Waals surface area contributed by atoms with Gasteiger partial charge in [-0.3, -0.25) is 0 Å². The van der Waals surface area contributed by atoms with Crippen molar-refractivity contribution in [3.8, 4) is 11.5 Å². The third-order valence-electron chi connectivity index (χ3n) is 2.15. The monoisotopic (exact) mass is 296 g/mol. The molecule has 1 nitrogen and oxygen atoms in total. The Kier molecular flexibility index (Phi) is 9.48. The minimum atomic E-state index is -0.480. The van der Waals surface area contributed by atoms with Crippen LogP contribution < -0.4 is 4.74 Å². The number of hydrogen-bond donors (Lipinski definition) is 0. The van der Waals surface area contributed by atoms with E-state index in [1.807, 2.05) is 58.9 Å². The van der Waals surface area contributed by atoms with Gasteiger partial charge in [0.05, 0.1) is 5.02 Å². The Hall–Kier alpha value is -1.54. The van der Waals surface area contributed by atoms with Crippen LogP contribution >= 0.6 is 11.6 Å². The Balaban J connectivity index is 0.000000829. The van der Waals surface area contributed by atoms with Crippen molar-refractivity contribution in [3.63, 3.8) is 0 Å². The third kappa shape index (κ3) is 6.07. The van der Waals surface area contributed by atoms with Crippen LogP contribution in [0.2, 0.25) is 5.02 Å². The van der Waals surface area contributed by atoms with E-state index >= 15 is 0 Å². The summed E-state index contributed by atoms with van der Waals surface area (Å²) in [7, 11) is 0. The normalized spacial score (nSPS) is 8.75. The first-order valence-corrected chi connectivity index (χ1v) is 7.22. The highest BCUT2D eigenvalue weighted by molar-refractivity contribution is 6.30. The molecule has 0 saturated heterocycles. The molecule has 2 aromatic carbocycles. The highest BCUT2D eigenvalue weighted by Crippen LogP contribution is 2.25. The van der Waals surface area contributed by atoms with E-state index in [4.69, 9.17) is 16.3 Å². The summed E-state index contributed by atoms with van der Waals surface area (Å²) in [5.41, 5.74) is 1.15. The van der Waals surface area contributed by atoms with Crippen molar-refractivity contribution in [1.82, 2.24) is 0 Å². The summed E-state index contributed by atoms with van der Waals surface area (Å²) in [4.78, 5) is 0. The van der Waals surface area contributed by atoms with Crippen molar-refractivity contribution in [2.45, 2.75) is 34.6 Å². The lowest BCUT2D eigenvalue weighted by Crippen LogP contribution is -1.85. The highest BCUT2D eigenvalue weighted by Gasteiger charge is 2.02. The fraction of sp³-hybridized carbons (Fsp3) is 0.294. The number of ether oxygens (including phenoxy) is 1. The molecule has 0 aromatic heterocycles. The first-order valence-electron chi connectivity index (χ1n) is 6.85. The molecule has 20 heavy (non-hydrogen) atoms. The van der Waals surface area contributed by atoms with Crippen molar-refractivity contribution in [3.05, 3.63) is 58.9 Å². The largest absolute Gasteiger partial charge is 0.457 e. The van der Waals surface area contributed by atoms with Crippen LogP contribution in [0.25, 0.3) is 0 Å². The zero-order chi connectivity index (χ0) is 15.5. The lowest BCUT2D eigenvalue weighted by Gasteiger charge is -2.06. The van der Waals surface area contributed by atoms with Crippen LogP contribution in [-0.4, -0.2) is 0 Å².